The summed E-state index contributed by atoms with van der Waals surface area (Å²) in [4.78, 5) is 2.69. The van der Waals surface area contributed by atoms with E-state index >= 15 is 0 Å². The minimum absolute atomic E-state index is 0.0885. The Morgan fingerprint density at radius 2 is 1.69 bits per heavy atom. The van der Waals surface area contributed by atoms with E-state index in [1.54, 1.807) is 0 Å². The second kappa shape index (κ2) is 8.28. The lowest BCUT2D eigenvalue weighted by atomic mass is 10.0. The van der Waals surface area contributed by atoms with Crippen LogP contribution in [0.1, 0.15) is 63.9 Å². The van der Waals surface area contributed by atoms with Crippen LogP contribution in [0.3, 0.4) is 0 Å². The van der Waals surface area contributed by atoms with Crippen LogP contribution < -0.4 is 14.9 Å². The summed E-state index contributed by atoms with van der Waals surface area (Å²) in [6, 6.07) is 6.60. The molecule has 0 radical (unpaired) electrons. The fourth-order valence-corrected chi connectivity index (χ4v) is 5.67. The maximum Gasteiger partial charge on any atom is 0.242 e. The normalized spacial score (nSPS) is 20.2. The van der Waals surface area contributed by atoms with Gasteiger partial charge in [-0.1, -0.05) is 32.8 Å². The van der Waals surface area contributed by atoms with Gasteiger partial charge in [-0.25, -0.2) is 13.1 Å². The molecule has 5 nitrogen and oxygen atoms in total. The molecule has 0 amide bonds. The molecule has 26 heavy (non-hydrogen) atoms. The van der Waals surface area contributed by atoms with Crippen molar-refractivity contribution in [1.29, 1.82) is 0 Å². The molecule has 1 saturated carbocycles. The summed E-state index contributed by atoms with van der Waals surface area (Å²) in [6.45, 7) is 5.99. The highest BCUT2D eigenvalue weighted by Crippen LogP contribution is 2.32. The number of piperidine rings is 1. The lowest BCUT2D eigenvalue weighted by Gasteiger charge is -2.35. The molecule has 2 aliphatic rings. The molecule has 6 heteroatoms. The standard InChI is InChI=1S/C20H33N3O2S/c1-15(2)16-8-9-19(23-12-10-17(21-3)11-13-23)20(14-16)26(24,25)22-18-6-4-5-7-18/h8-9,14-15,17-18,21-22H,4-7,10-13H2,1-3H3. The Kier molecular flexibility index (Phi) is 6.25. The quantitative estimate of drug-likeness (QED) is 0.797. The largest absolute Gasteiger partial charge is 0.370 e. The number of hydrogen-bond donors (Lipinski definition) is 2. The number of rotatable bonds is 6. The van der Waals surface area contributed by atoms with Gasteiger partial charge in [-0.05, 0) is 56.3 Å². The van der Waals surface area contributed by atoms with E-state index in [9.17, 15) is 8.42 Å². The lowest BCUT2D eigenvalue weighted by Crippen LogP contribution is -2.42. The van der Waals surface area contributed by atoms with E-state index < -0.39 is 10.0 Å². The molecule has 1 aliphatic heterocycles. The van der Waals surface area contributed by atoms with Gasteiger partial charge in [0.2, 0.25) is 10.0 Å². The molecule has 1 aliphatic carbocycles. The van der Waals surface area contributed by atoms with Crippen molar-refractivity contribution in [3.05, 3.63) is 23.8 Å². The van der Waals surface area contributed by atoms with Gasteiger partial charge in [0.25, 0.3) is 0 Å². The number of hydrogen-bond acceptors (Lipinski definition) is 4. The predicted molar refractivity (Wildman–Crippen MR) is 107 cm³/mol. The Labute approximate surface area is 158 Å². The fraction of sp³-hybridized carbons (Fsp3) is 0.700. The smallest absolute Gasteiger partial charge is 0.242 e. The highest BCUT2D eigenvalue weighted by molar-refractivity contribution is 7.89. The second-order valence-electron chi connectivity index (χ2n) is 8.03. The van der Waals surface area contributed by atoms with Crippen molar-refractivity contribution in [2.75, 3.05) is 25.0 Å². The number of nitrogens with zero attached hydrogens (tertiary/aromatic N) is 1. The van der Waals surface area contributed by atoms with Gasteiger partial charge in [0.1, 0.15) is 4.90 Å². The van der Waals surface area contributed by atoms with Gasteiger partial charge in [-0.3, -0.25) is 0 Å². The van der Waals surface area contributed by atoms with E-state index in [-0.39, 0.29) is 6.04 Å². The molecular formula is C20H33N3O2S. The molecule has 0 unspecified atom stereocenters. The van der Waals surface area contributed by atoms with Crippen molar-refractivity contribution in [2.24, 2.45) is 0 Å². The van der Waals surface area contributed by atoms with Gasteiger partial charge in [-0.2, -0.15) is 0 Å². The van der Waals surface area contributed by atoms with Gasteiger partial charge in [0, 0.05) is 25.2 Å². The maximum atomic E-state index is 13.2. The highest BCUT2D eigenvalue weighted by atomic mass is 32.2. The van der Waals surface area contributed by atoms with Crippen LogP contribution in [-0.4, -0.2) is 40.6 Å². The zero-order valence-corrected chi connectivity index (χ0v) is 17.1. The van der Waals surface area contributed by atoms with Gasteiger partial charge in [0.15, 0.2) is 0 Å². The van der Waals surface area contributed by atoms with Crippen molar-refractivity contribution in [1.82, 2.24) is 10.0 Å². The van der Waals surface area contributed by atoms with Crippen molar-refractivity contribution < 1.29 is 8.42 Å². The average molecular weight is 380 g/mol. The third-order valence-corrected chi connectivity index (χ3v) is 7.41. The Hall–Kier alpha value is -1.11. The Morgan fingerprint density at radius 3 is 2.27 bits per heavy atom. The summed E-state index contributed by atoms with van der Waals surface area (Å²) in [7, 11) is -1.51. The van der Waals surface area contributed by atoms with Crippen molar-refractivity contribution >= 4 is 15.7 Å². The molecule has 1 aromatic rings. The summed E-state index contributed by atoms with van der Waals surface area (Å²) in [6.07, 6.45) is 6.21. The summed E-state index contributed by atoms with van der Waals surface area (Å²) in [5.74, 6) is 0.305. The number of nitrogens with one attached hydrogen (secondary N) is 2. The summed E-state index contributed by atoms with van der Waals surface area (Å²) >= 11 is 0. The van der Waals surface area contributed by atoms with E-state index in [1.165, 1.54) is 0 Å². The van der Waals surface area contributed by atoms with Gasteiger partial charge < -0.3 is 10.2 Å². The van der Waals surface area contributed by atoms with Crippen LogP contribution in [0.15, 0.2) is 23.1 Å². The van der Waals surface area contributed by atoms with Crippen LogP contribution in [0, 0.1) is 0 Å². The van der Waals surface area contributed by atoms with Gasteiger partial charge in [0.05, 0.1) is 5.69 Å². The van der Waals surface area contributed by atoms with Crippen LogP contribution in [0.25, 0.3) is 0 Å². The topological polar surface area (TPSA) is 61.4 Å². The molecule has 2 fully saturated rings. The summed E-state index contributed by atoms with van der Waals surface area (Å²) < 4.78 is 29.4. The first-order chi connectivity index (χ1) is 12.4. The first-order valence-electron chi connectivity index (χ1n) is 9.99. The maximum absolute atomic E-state index is 13.2. The van der Waals surface area contributed by atoms with Gasteiger partial charge >= 0.3 is 0 Å². The molecule has 0 spiro atoms. The fourth-order valence-electron chi connectivity index (χ4n) is 4.10. The van der Waals surface area contributed by atoms with Crippen LogP contribution in [0.2, 0.25) is 0 Å². The molecule has 0 aromatic heterocycles. The molecule has 3 rings (SSSR count). The number of benzene rings is 1. The second-order valence-corrected chi connectivity index (χ2v) is 9.72. The summed E-state index contributed by atoms with van der Waals surface area (Å²) in [5, 5.41) is 3.34. The first kappa shape index (κ1) is 19.6. The Bertz CT molecular complexity index is 704. The zero-order chi connectivity index (χ0) is 18.7. The molecule has 1 saturated heterocycles. The predicted octanol–water partition coefficient (Wildman–Crippen LogP) is 3.22. The van der Waals surface area contributed by atoms with E-state index in [2.05, 4.69) is 34.9 Å². The lowest BCUT2D eigenvalue weighted by molar-refractivity contribution is 0.441. The van der Waals surface area contributed by atoms with Crippen LogP contribution >= 0.6 is 0 Å². The average Bonchev–Trinajstić information content (AvgIpc) is 3.13. The molecule has 146 valence electrons. The SMILES string of the molecule is CNC1CCN(c2ccc(C(C)C)cc2S(=O)(=O)NC2CCCC2)CC1. The third kappa shape index (κ3) is 4.41. The van der Waals surface area contributed by atoms with E-state index in [0.29, 0.717) is 16.9 Å². The molecule has 0 bridgehead atoms. The molecule has 1 aromatic carbocycles. The minimum Gasteiger partial charge on any atom is -0.370 e. The van der Waals surface area contributed by atoms with Crippen LogP contribution in [0.4, 0.5) is 5.69 Å². The Morgan fingerprint density at radius 1 is 1.04 bits per heavy atom. The zero-order valence-electron chi connectivity index (χ0n) is 16.3. The first-order valence-corrected chi connectivity index (χ1v) is 11.5. The monoisotopic (exact) mass is 379 g/mol. The van der Waals surface area contributed by atoms with Crippen molar-refractivity contribution in [3.63, 3.8) is 0 Å². The van der Waals surface area contributed by atoms with Crippen molar-refractivity contribution in [2.45, 2.75) is 75.3 Å². The molecule has 1 heterocycles. The highest BCUT2D eigenvalue weighted by Gasteiger charge is 2.28. The molecule has 2 N–H and O–H groups in total. The number of sulfonamides is 1. The van der Waals surface area contributed by atoms with E-state index in [0.717, 1.165) is 62.9 Å². The minimum atomic E-state index is -3.51. The van der Waals surface area contributed by atoms with Crippen LogP contribution in [-0.2, 0) is 10.0 Å². The summed E-state index contributed by atoms with van der Waals surface area (Å²) in [5.41, 5.74) is 1.93. The Balaban J connectivity index is 1.91. The molecule has 0 atom stereocenters. The third-order valence-electron chi connectivity index (χ3n) is 5.86. The number of anilines is 1. The van der Waals surface area contributed by atoms with Crippen molar-refractivity contribution in [3.8, 4) is 0 Å². The van der Waals surface area contributed by atoms with E-state index in [1.807, 2.05) is 19.2 Å². The van der Waals surface area contributed by atoms with E-state index in [4.69, 9.17) is 0 Å². The van der Waals surface area contributed by atoms with Crippen LogP contribution in [0.5, 0.6) is 0 Å². The molecular weight excluding hydrogens is 346 g/mol. The van der Waals surface area contributed by atoms with Gasteiger partial charge in [-0.15, -0.1) is 0 Å².